The van der Waals surface area contributed by atoms with Gasteiger partial charge in [-0.2, -0.15) is 5.26 Å². The molecule has 0 aliphatic carbocycles. The summed E-state index contributed by atoms with van der Waals surface area (Å²) in [5, 5.41) is 9.13. The Hall–Kier alpha value is -2.42. The van der Waals surface area contributed by atoms with E-state index in [9.17, 15) is 4.79 Å². The topological polar surface area (TPSA) is 71.8 Å². The van der Waals surface area contributed by atoms with E-state index >= 15 is 0 Å². The lowest BCUT2D eigenvalue weighted by atomic mass is 9.90. The molecule has 0 atom stereocenters. The van der Waals surface area contributed by atoms with E-state index < -0.39 is 0 Å². The fourth-order valence-corrected chi connectivity index (χ4v) is 2.55. The van der Waals surface area contributed by atoms with Gasteiger partial charge in [-0.15, -0.1) is 0 Å². The summed E-state index contributed by atoms with van der Waals surface area (Å²) in [6.45, 7) is 3.68. The number of amides is 1. The molecular weight excluding hydrogens is 296 g/mol. The number of rotatable bonds is 6. The number of carbonyl (C=O) groups excluding carboxylic acids is 1. The van der Waals surface area contributed by atoms with Crippen LogP contribution in [0.3, 0.4) is 0 Å². The van der Waals surface area contributed by atoms with E-state index in [0.717, 1.165) is 18.4 Å². The monoisotopic (exact) mass is 318 g/mol. The number of hydrogen-bond donors (Lipinski definition) is 0. The fraction of sp³-hybridized carbons (Fsp3) is 0.529. The molecule has 0 bridgehead atoms. The van der Waals surface area contributed by atoms with E-state index in [0.29, 0.717) is 36.8 Å². The number of benzene rings is 1. The van der Waals surface area contributed by atoms with Gasteiger partial charge in [-0.1, -0.05) is 13.3 Å². The van der Waals surface area contributed by atoms with Gasteiger partial charge in [0.2, 0.25) is 0 Å². The summed E-state index contributed by atoms with van der Waals surface area (Å²) in [6.07, 6.45) is 1.61. The van der Waals surface area contributed by atoms with E-state index in [4.69, 9.17) is 19.5 Å². The van der Waals surface area contributed by atoms with Crippen LogP contribution in [-0.4, -0.2) is 44.9 Å². The van der Waals surface area contributed by atoms with Crippen LogP contribution < -0.4 is 9.47 Å². The van der Waals surface area contributed by atoms with Crippen molar-refractivity contribution in [2.75, 3.05) is 33.9 Å². The third-order valence-electron chi connectivity index (χ3n) is 3.98. The molecular formula is C17H22N2O4. The second-order valence-electron chi connectivity index (χ2n) is 5.48. The predicted octanol–water partition coefficient (Wildman–Crippen LogP) is 2.91. The number of likely N-dealkylation sites (tertiary alicyclic amines) is 1. The average Bonchev–Trinajstić information content (AvgIpc) is 2.53. The van der Waals surface area contributed by atoms with E-state index in [-0.39, 0.29) is 12.0 Å². The highest BCUT2D eigenvalue weighted by Gasteiger charge is 2.35. The Morgan fingerprint density at radius 2 is 2.00 bits per heavy atom. The molecule has 1 saturated heterocycles. The minimum absolute atomic E-state index is 0.158. The third kappa shape index (κ3) is 3.67. The summed E-state index contributed by atoms with van der Waals surface area (Å²) in [5.74, 6) is 1.32. The molecule has 2 rings (SSSR count). The third-order valence-corrected chi connectivity index (χ3v) is 3.98. The summed E-state index contributed by atoms with van der Waals surface area (Å²) >= 11 is 0. The number of methoxy groups -OCH3 is 2. The Kier molecular flexibility index (Phi) is 5.69. The van der Waals surface area contributed by atoms with Crippen molar-refractivity contribution in [1.29, 1.82) is 5.26 Å². The molecule has 1 aliphatic rings. The van der Waals surface area contributed by atoms with Crippen LogP contribution in [0.4, 0.5) is 4.79 Å². The highest BCUT2D eigenvalue weighted by molar-refractivity contribution is 5.69. The molecule has 1 aromatic carbocycles. The second-order valence-corrected chi connectivity index (χ2v) is 5.48. The summed E-state index contributed by atoms with van der Waals surface area (Å²) in [5.41, 5.74) is 1.38. The molecule has 1 aliphatic heterocycles. The normalized spacial score (nSPS) is 13.9. The standard InChI is InChI=1S/C17H22N2O4/c1-4-5-6-23-17(20)19-10-13(11-19)14-8-15(21-2)12(9-18)7-16(14)22-3/h7-8,13H,4-6,10-11H2,1-3H3. The molecule has 0 spiro atoms. The van der Waals surface area contributed by atoms with Crippen molar-refractivity contribution >= 4 is 6.09 Å². The molecule has 0 saturated carbocycles. The van der Waals surface area contributed by atoms with Gasteiger partial charge < -0.3 is 19.1 Å². The maximum Gasteiger partial charge on any atom is 0.409 e. The highest BCUT2D eigenvalue weighted by atomic mass is 16.6. The molecule has 0 N–H and O–H groups in total. The molecule has 1 amide bonds. The molecule has 0 unspecified atom stereocenters. The Morgan fingerprint density at radius 3 is 2.57 bits per heavy atom. The van der Waals surface area contributed by atoms with Crippen LogP contribution >= 0.6 is 0 Å². The number of nitrogens with zero attached hydrogens (tertiary/aromatic N) is 2. The first-order chi connectivity index (χ1) is 11.1. The van der Waals surface area contributed by atoms with Crippen molar-refractivity contribution in [3.05, 3.63) is 23.3 Å². The molecule has 1 fully saturated rings. The van der Waals surface area contributed by atoms with Gasteiger partial charge in [-0.3, -0.25) is 0 Å². The summed E-state index contributed by atoms with van der Waals surface area (Å²) < 4.78 is 15.8. The molecule has 6 heteroatoms. The van der Waals surface area contributed by atoms with Crippen molar-refractivity contribution in [3.63, 3.8) is 0 Å². The van der Waals surface area contributed by atoms with Crippen LogP contribution in [0.5, 0.6) is 11.5 Å². The van der Waals surface area contributed by atoms with Crippen molar-refractivity contribution in [2.24, 2.45) is 0 Å². The minimum Gasteiger partial charge on any atom is -0.496 e. The number of hydrogen-bond acceptors (Lipinski definition) is 5. The van der Waals surface area contributed by atoms with Crippen LogP contribution in [0.2, 0.25) is 0 Å². The molecule has 124 valence electrons. The molecule has 23 heavy (non-hydrogen) atoms. The lowest BCUT2D eigenvalue weighted by Gasteiger charge is -2.39. The van der Waals surface area contributed by atoms with Crippen LogP contribution in [0.15, 0.2) is 12.1 Å². The van der Waals surface area contributed by atoms with E-state index in [2.05, 4.69) is 13.0 Å². The Morgan fingerprint density at radius 1 is 1.30 bits per heavy atom. The molecule has 0 aromatic heterocycles. The molecule has 1 heterocycles. The highest BCUT2D eigenvalue weighted by Crippen LogP contribution is 2.37. The number of carbonyl (C=O) groups is 1. The first kappa shape index (κ1) is 16.9. The van der Waals surface area contributed by atoms with Crippen LogP contribution in [-0.2, 0) is 4.74 Å². The minimum atomic E-state index is -0.269. The number of unbranched alkanes of at least 4 members (excludes halogenated alkanes) is 1. The van der Waals surface area contributed by atoms with Crippen molar-refractivity contribution in [1.82, 2.24) is 4.90 Å². The number of nitriles is 1. The largest absolute Gasteiger partial charge is 0.496 e. The molecule has 0 radical (unpaired) electrons. The van der Waals surface area contributed by atoms with Gasteiger partial charge in [0, 0.05) is 30.6 Å². The summed E-state index contributed by atoms with van der Waals surface area (Å²) in [4.78, 5) is 13.5. The quantitative estimate of drug-likeness (QED) is 0.754. The second kappa shape index (κ2) is 7.73. The van der Waals surface area contributed by atoms with Gasteiger partial charge in [-0.25, -0.2) is 4.79 Å². The Bertz CT molecular complexity index is 603. The van der Waals surface area contributed by atoms with Gasteiger partial charge in [-0.05, 0) is 12.5 Å². The zero-order valence-corrected chi connectivity index (χ0v) is 13.8. The molecule has 1 aromatic rings. The van der Waals surface area contributed by atoms with Gasteiger partial charge in [0.25, 0.3) is 0 Å². The maximum atomic E-state index is 11.9. The average molecular weight is 318 g/mol. The van der Waals surface area contributed by atoms with E-state index in [1.165, 1.54) is 7.11 Å². The van der Waals surface area contributed by atoms with Crippen molar-refractivity contribution in [3.8, 4) is 17.6 Å². The van der Waals surface area contributed by atoms with E-state index in [1.807, 2.05) is 6.07 Å². The lowest BCUT2D eigenvalue weighted by molar-refractivity contribution is 0.0701. The first-order valence-electron chi connectivity index (χ1n) is 7.72. The zero-order valence-electron chi connectivity index (χ0n) is 13.8. The zero-order chi connectivity index (χ0) is 16.8. The molecule has 6 nitrogen and oxygen atoms in total. The van der Waals surface area contributed by atoms with Crippen LogP contribution in [0, 0.1) is 11.3 Å². The maximum absolute atomic E-state index is 11.9. The van der Waals surface area contributed by atoms with Gasteiger partial charge in [0.05, 0.1) is 26.4 Å². The summed E-state index contributed by atoms with van der Waals surface area (Å²) in [6, 6.07) is 5.59. The van der Waals surface area contributed by atoms with E-state index in [1.54, 1.807) is 18.1 Å². The smallest absolute Gasteiger partial charge is 0.409 e. The van der Waals surface area contributed by atoms with Crippen LogP contribution in [0.1, 0.15) is 36.8 Å². The summed E-state index contributed by atoms with van der Waals surface area (Å²) in [7, 11) is 3.10. The van der Waals surface area contributed by atoms with Crippen molar-refractivity contribution < 1.29 is 19.0 Å². The number of ether oxygens (including phenoxy) is 3. The lowest BCUT2D eigenvalue weighted by Crippen LogP contribution is -2.48. The SMILES string of the molecule is CCCCOC(=O)N1CC(c2cc(OC)c(C#N)cc2OC)C1. The Labute approximate surface area is 136 Å². The van der Waals surface area contributed by atoms with Gasteiger partial charge >= 0.3 is 6.09 Å². The fourth-order valence-electron chi connectivity index (χ4n) is 2.55. The van der Waals surface area contributed by atoms with Crippen LogP contribution in [0.25, 0.3) is 0 Å². The van der Waals surface area contributed by atoms with Gasteiger partial charge in [0.1, 0.15) is 17.6 Å². The predicted molar refractivity (Wildman–Crippen MR) is 84.8 cm³/mol. The first-order valence-corrected chi connectivity index (χ1v) is 7.72. The van der Waals surface area contributed by atoms with Crippen molar-refractivity contribution in [2.45, 2.75) is 25.7 Å². The van der Waals surface area contributed by atoms with Gasteiger partial charge in [0.15, 0.2) is 0 Å². The Balaban J connectivity index is 2.04.